The molecule has 0 spiro atoms. The molecular weight excluding hydrogens is 448 g/mol. The van der Waals surface area contributed by atoms with Gasteiger partial charge in [0.15, 0.2) is 6.61 Å². The molecule has 0 aliphatic heterocycles. The molecule has 0 aromatic heterocycles. The van der Waals surface area contributed by atoms with Crippen LogP contribution >= 0.6 is 0 Å². The predicted molar refractivity (Wildman–Crippen MR) is 121 cm³/mol. The maximum Gasteiger partial charge on any atom is 0.343 e. The minimum Gasteiger partial charge on any atom is -0.481 e. The number of carbonyl (C=O) groups excluding carboxylic acids is 4. The Morgan fingerprint density at radius 2 is 1.82 bits per heavy atom. The van der Waals surface area contributed by atoms with Crippen LogP contribution in [-0.4, -0.2) is 69.0 Å². The molecule has 0 aliphatic rings. The molecular formula is C23H34N2O9. The maximum atomic E-state index is 12.8. The SMILES string of the molecule is CCCCCNC(=O)C(Cc1ccc(OCC(=O)OC)c(C(=O)OC)c1)NC(=O)CCCOO. The highest BCUT2D eigenvalue weighted by atomic mass is 17.1. The fourth-order valence-corrected chi connectivity index (χ4v) is 3.01. The van der Waals surface area contributed by atoms with Gasteiger partial charge in [-0.25, -0.2) is 14.5 Å². The molecule has 0 saturated heterocycles. The third-order valence-electron chi connectivity index (χ3n) is 4.83. The third kappa shape index (κ3) is 10.6. The lowest BCUT2D eigenvalue weighted by molar-refractivity contribution is -0.242. The normalized spacial score (nSPS) is 11.3. The standard InChI is InChI=1S/C23H34N2O9/c1-4-5-6-11-24-22(28)18(25-20(26)8-7-12-34-30)14-16-9-10-19(33-15-21(27)31-2)17(13-16)23(29)32-3/h9-10,13,18,30H,4-8,11-12,14-15H2,1-3H3,(H,24,28)(H,25,26). The highest BCUT2D eigenvalue weighted by molar-refractivity contribution is 5.93. The van der Waals surface area contributed by atoms with Crippen molar-refractivity contribution in [3.05, 3.63) is 29.3 Å². The summed E-state index contributed by atoms with van der Waals surface area (Å²) in [6.45, 7) is 2.14. The molecule has 0 radical (unpaired) electrons. The second-order valence-corrected chi connectivity index (χ2v) is 7.45. The van der Waals surface area contributed by atoms with Crippen molar-refractivity contribution < 1.29 is 43.5 Å². The molecule has 1 aromatic carbocycles. The van der Waals surface area contributed by atoms with Gasteiger partial charge in [-0.2, -0.15) is 0 Å². The summed E-state index contributed by atoms with van der Waals surface area (Å²) in [6.07, 6.45) is 3.23. The number of benzene rings is 1. The minimum atomic E-state index is -0.892. The van der Waals surface area contributed by atoms with Crippen LogP contribution in [0.25, 0.3) is 0 Å². The fourth-order valence-electron chi connectivity index (χ4n) is 3.01. The van der Waals surface area contributed by atoms with Crippen molar-refractivity contribution >= 4 is 23.8 Å². The molecule has 0 saturated carbocycles. The van der Waals surface area contributed by atoms with Crippen molar-refractivity contribution in [2.45, 2.75) is 51.5 Å². The Balaban J connectivity index is 3.03. The monoisotopic (exact) mass is 482 g/mol. The van der Waals surface area contributed by atoms with Crippen LogP contribution in [0.5, 0.6) is 5.75 Å². The lowest BCUT2D eigenvalue weighted by Crippen LogP contribution is -2.48. The van der Waals surface area contributed by atoms with Crippen LogP contribution in [0, 0.1) is 0 Å². The van der Waals surface area contributed by atoms with Crippen molar-refractivity contribution in [3.8, 4) is 5.75 Å². The number of hydrogen-bond acceptors (Lipinski definition) is 9. The molecule has 0 heterocycles. The fraction of sp³-hybridized carbons (Fsp3) is 0.565. The number of hydrogen-bond donors (Lipinski definition) is 3. The number of carbonyl (C=O) groups is 4. The molecule has 1 rings (SSSR count). The average molecular weight is 483 g/mol. The van der Waals surface area contributed by atoms with Gasteiger partial charge >= 0.3 is 11.9 Å². The number of unbranched alkanes of at least 4 members (excludes halogenated alkanes) is 2. The molecule has 3 N–H and O–H groups in total. The van der Waals surface area contributed by atoms with Crippen molar-refractivity contribution in [2.75, 3.05) is 34.0 Å². The lowest BCUT2D eigenvalue weighted by atomic mass is 10.0. The van der Waals surface area contributed by atoms with Crippen LogP contribution in [0.4, 0.5) is 0 Å². The number of nitrogens with one attached hydrogen (secondary N) is 2. The van der Waals surface area contributed by atoms with Gasteiger partial charge in [0.1, 0.15) is 17.4 Å². The summed E-state index contributed by atoms with van der Waals surface area (Å²) in [5.41, 5.74) is 0.635. The average Bonchev–Trinajstić information content (AvgIpc) is 2.84. The van der Waals surface area contributed by atoms with Gasteiger partial charge < -0.3 is 24.8 Å². The van der Waals surface area contributed by atoms with Gasteiger partial charge in [0.25, 0.3) is 0 Å². The van der Waals surface area contributed by atoms with Gasteiger partial charge in [0.05, 0.1) is 20.8 Å². The zero-order chi connectivity index (χ0) is 25.3. The predicted octanol–water partition coefficient (Wildman–Crippen LogP) is 1.63. The molecule has 1 aromatic rings. The highest BCUT2D eigenvalue weighted by Crippen LogP contribution is 2.22. The van der Waals surface area contributed by atoms with Crippen LogP contribution in [0.3, 0.4) is 0 Å². The van der Waals surface area contributed by atoms with Crippen LogP contribution in [-0.2, 0) is 35.2 Å². The van der Waals surface area contributed by atoms with Crippen molar-refractivity contribution in [1.29, 1.82) is 0 Å². The van der Waals surface area contributed by atoms with Crippen molar-refractivity contribution in [1.82, 2.24) is 10.6 Å². The maximum absolute atomic E-state index is 12.8. The number of methoxy groups -OCH3 is 2. The Morgan fingerprint density at radius 1 is 1.06 bits per heavy atom. The van der Waals surface area contributed by atoms with Crippen LogP contribution in [0.2, 0.25) is 0 Å². The summed E-state index contributed by atoms with van der Waals surface area (Å²) in [4.78, 5) is 52.7. The Labute approximate surface area is 199 Å². The number of esters is 2. The molecule has 34 heavy (non-hydrogen) atoms. The number of amides is 2. The van der Waals surface area contributed by atoms with E-state index in [0.717, 1.165) is 19.3 Å². The minimum absolute atomic E-state index is 0.00315. The van der Waals surface area contributed by atoms with E-state index in [2.05, 4.69) is 27.2 Å². The Hall–Kier alpha value is -3.18. The molecule has 0 fully saturated rings. The van der Waals surface area contributed by atoms with Gasteiger partial charge in [0.2, 0.25) is 11.8 Å². The van der Waals surface area contributed by atoms with Gasteiger partial charge in [-0.1, -0.05) is 25.8 Å². The molecule has 1 atom stereocenters. The van der Waals surface area contributed by atoms with E-state index >= 15 is 0 Å². The Bertz CT molecular complexity index is 814. The summed E-state index contributed by atoms with van der Waals surface area (Å²) >= 11 is 0. The molecule has 2 amide bonds. The first kappa shape index (κ1) is 28.9. The molecule has 11 heteroatoms. The molecule has 0 bridgehead atoms. The van der Waals surface area contributed by atoms with E-state index in [9.17, 15) is 19.2 Å². The van der Waals surface area contributed by atoms with Crippen LogP contribution in [0.15, 0.2) is 18.2 Å². The van der Waals surface area contributed by atoms with E-state index in [1.165, 1.54) is 26.4 Å². The summed E-state index contributed by atoms with van der Waals surface area (Å²) in [5, 5.41) is 13.9. The second kappa shape index (κ2) is 16.4. The first-order valence-electron chi connectivity index (χ1n) is 11.1. The van der Waals surface area contributed by atoms with E-state index < -0.39 is 24.6 Å². The molecule has 11 nitrogen and oxygen atoms in total. The summed E-state index contributed by atoms with van der Waals surface area (Å²) in [6, 6.07) is 3.71. The number of rotatable bonds is 16. The van der Waals surface area contributed by atoms with Gasteiger partial charge in [0, 0.05) is 19.4 Å². The van der Waals surface area contributed by atoms with Crippen molar-refractivity contribution in [3.63, 3.8) is 0 Å². The first-order chi connectivity index (χ1) is 16.4. The second-order valence-electron chi connectivity index (χ2n) is 7.45. The smallest absolute Gasteiger partial charge is 0.343 e. The Morgan fingerprint density at radius 3 is 2.47 bits per heavy atom. The van der Waals surface area contributed by atoms with Gasteiger partial charge in [-0.3, -0.25) is 14.8 Å². The van der Waals surface area contributed by atoms with Gasteiger partial charge in [-0.15, -0.1) is 0 Å². The molecule has 1 unspecified atom stereocenters. The summed E-state index contributed by atoms with van der Waals surface area (Å²) in [5.74, 6) is -1.91. The van der Waals surface area contributed by atoms with E-state index in [-0.39, 0.29) is 49.0 Å². The largest absolute Gasteiger partial charge is 0.481 e. The zero-order valence-electron chi connectivity index (χ0n) is 19.9. The third-order valence-corrected chi connectivity index (χ3v) is 4.83. The molecule has 0 aliphatic carbocycles. The van der Waals surface area contributed by atoms with E-state index in [0.29, 0.717) is 12.1 Å². The van der Waals surface area contributed by atoms with Crippen LogP contribution in [0.1, 0.15) is 54.9 Å². The van der Waals surface area contributed by atoms with E-state index in [1.807, 2.05) is 0 Å². The zero-order valence-corrected chi connectivity index (χ0v) is 19.9. The Kier molecular flexibility index (Phi) is 13.9. The summed E-state index contributed by atoms with van der Waals surface area (Å²) in [7, 11) is 2.43. The van der Waals surface area contributed by atoms with Crippen LogP contribution < -0.4 is 15.4 Å². The first-order valence-corrected chi connectivity index (χ1v) is 11.1. The molecule has 190 valence electrons. The lowest BCUT2D eigenvalue weighted by Gasteiger charge is -2.19. The quantitative estimate of drug-likeness (QED) is 0.138. The summed E-state index contributed by atoms with van der Waals surface area (Å²) < 4.78 is 14.7. The highest BCUT2D eigenvalue weighted by Gasteiger charge is 2.23. The van der Waals surface area contributed by atoms with Crippen molar-refractivity contribution in [2.24, 2.45) is 0 Å². The topological polar surface area (TPSA) is 149 Å². The number of ether oxygens (including phenoxy) is 3. The van der Waals surface area contributed by atoms with E-state index in [4.69, 9.17) is 14.7 Å². The van der Waals surface area contributed by atoms with Gasteiger partial charge in [-0.05, 0) is 30.5 Å². The van der Waals surface area contributed by atoms with E-state index in [1.54, 1.807) is 6.07 Å².